The lowest BCUT2D eigenvalue weighted by Crippen LogP contribution is -2.21. The van der Waals surface area contributed by atoms with Crippen LogP contribution in [0.5, 0.6) is 5.75 Å². The van der Waals surface area contributed by atoms with Gasteiger partial charge in [0, 0.05) is 5.56 Å². The van der Waals surface area contributed by atoms with Gasteiger partial charge in [0.25, 0.3) is 0 Å². The topological polar surface area (TPSA) is 29.5 Å². The molecule has 2 nitrogen and oxygen atoms in total. The van der Waals surface area contributed by atoms with E-state index in [0.717, 1.165) is 48.1 Å². The highest BCUT2D eigenvalue weighted by Crippen LogP contribution is 2.44. The van der Waals surface area contributed by atoms with Gasteiger partial charge in [0.15, 0.2) is 0 Å². The second-order valence-corrected chi connectivity index (χ2v) is 5.71. The maximum absolute atomic E-state index is 11.0. The molecule has 21 heavy (non-hydrogen) atoms. The predicted molar refractivity (Wildman–Crippen MR) is 85.4 cm³/mol. The standard InChI is InChI=1S/C19H22O2/c1-2-21-18-12-6-4-10-16(18)15-9-3-5-11-17(15)19(20)13-7-8-14-19/h3-6,9-12,20H,2,7-8,13-14H2,1H3. The van der Waals surface area contributed by atoms with E-state index in [9.17, 15) is 5.11 Å². The molecule has 0 bridgehead atoms. The van der Waals surface area contributed by atoms with Gasteiger partial charge < -0.3 is 9.84 Å². The van der Waals surface area contributed by atoms with E-state index in [2.05, 4.69) is 18.2 Å². The minimum absolute atomic E-state index is 0.642. The van der Waals surface area contributed by atoms with E-state index in [1.54, 1.807) is 0 Å². The largest absolute Gasteiger partial charge is 0.493 e. The summed E-state index contributed by atoms with van der Waals surface area (Å²) in [6.07, 6.45) is 3.89. The summed E-state index contributed by atoms with van der Waals surface area (Å²) in [5.74, 6) is 0.883. The molecule has 1 saturated carbocycles. The maximum Gasteiger partial charge on any atom is 0.127 e. The van der Waals surface area contributed by atoms with Crippen LogP contribution in [0.25, 0.3) is 11.1 Å². The second-order valence-electron chi connectivity index (χ2n) is 5.71. The molecule has 0 aliphatic heterocycles. The summed E-state index contributed by atoms with van der Waals surface area (Å²) in [7, 11) is 0. The lowest BCUT2D eigenvalue weighted by Gasteiger charge is -2.26. The molecule has 1 aliphatic rings. The molecule has 0 heterocycles. The van der Waals surface area contributed by atoms with Gasteiger partial charge in [-0.15, -0.1) is 0 Å². The molecular formula is C19H22O2. The van der Waals surface area contributed by atoms with E-state index in [0.29, 0.717) is 6.61 Å². The molecule has 2 aromatic rings. The van der Waals surface area contributed by atoms with Crippen LogP contribution in [0.1, 0.15) is 38.2 Å². The van der Waals surface area contributed by atoms with Crippen LogP contribution >= 0.6 is 0 Å². The van der Waals surface area contributed by atoms with Crippen molar-refractivity contribution in [3.05, 3.63) is 54.1 Å². The molecule has 0 unspecified atom stereocenters. The minimum Gasteiger partial charge on any atom is -0.493 e. The zero-order valence-electron chi connectivity index (χ0n) is 12.5. The Morgan fingerprint density at radius 1 is 0.952 bits per heavy atom. The van der Waals surface area contributed by atoms with E-state index in [-0.39, 0.29) is 0 Å². The van der Waals surface area contributed by atoms with Crippen molar-refractivity contribution >= 4 is 0 Å². The number of ether oxygens (including phenoxy) is 1. The number of rotatable bonds is 4. The van der Waals surface area contributed by atoms with Gasteiger partial charge in [-0.3, -0.25) is 0 Å². The van der Waals surface area contributed by atoms with Gasteiger partial charge in [-0.25, -0.2) is 0 Å². The van der Waals surface area contributed by atoms with Crippen LogP contribution < -0.4 is 4.74 Å². The summed E-state index contributed by atoms with van der Waals surface area (Å²) >= 11 is 0. The quantitative estimate of drug-likeness (QED) is 0.893. The Balaban J connectivity index is 2.11. The molecule has 1 fully saturated rings. The van der Waals surface area contributed by atoms with Gasteiger partial charge >= 0.3 is 0 Å². The van der Waals surface area contributed by atoms with Gasteiger partial charge in [0.05, 0.1) is 12.2 Å². The monoisotopic (exact) mass is 282 g/mol. The lowest BCUT2D eigenvalue weighted by molar-refractivity contribution is 0.0450. The second kappa shape index (κ2) is 5.90. The highest BCUT2D eigenvalue weighted by atomic mass is 16.5. The Morgan fingerprint density at radius 2 is 1.57 bits per heavy atom. The van der Waals surface area contributed by atoms with Crippen LogP contribution in [0.2, 0.25) is 0 Å². The number of benzene rings is 2. The van der Waals surface area contributed by atoms with E-state index in [1.165, 1.54) is 0 Å². The first-order valence-corrected chi connectivity index (χ1v) is 7.79. The fourth-order valence-corrected chi connectivity index (χ4v) is 3.32. The van der Waals surface area contributed by atoms with Crippen molar-refractivity contribution < 1.29 is 9.84 Å². The van der Waals surface area contributed by atoms with Crippen molar-refractivity contribution in [3.8, 4) is 16.9 Å². The molecule has 1 N–H and O–H groups in total. The number of hydrogen-bond donors (Lipinski definition) is 1. The van der Waals surface area contributed by atoms with Crippen molar-refractivity contribution in [2.75, 3.05) is 6.61 Å². The van der Waals surface area contributed by atoms with Crippen molar-refractivity contribution in [2.24, 2.45) is 0 Å². The third kappa shape index (κ3) is 2.68. The molecule has 2 heteroatoms. The Hall–Kier alpha value is -1.80. The summed E-state index contributed by atoms with van der Waals surface area (Å²) in [6, 6.07) is 16.3. The van der Waals surface area contributed by atoms with Crippen LogP contribution in [0, 0.1) is 0 Å². The Kier molecular flexibility index (Phi) is 3.98. The summed E-state index contributed by atoms with van der Waals surface area (Å²) in [5, 5.41) is 11.0. The average molecular weight is 282 g/mol. The van der Waals surface area contributed by atoms with Gasteiger partial charge in [0.2, 0.25) is 0 Å². The molecule has 0 spiro atoms. The fraction of sp³-hybridized carbons (Fsp3) is 0.368. The number of para-hydroxylation sites is 1. The van der Waals surface area contributed by atoms with Crippen molar-refractivity contribution in [1.29, 1.82) is 0 Å². The first kappa shape index (κ1) is 14.2. The molecule has 0 atom stereocenters. The highest BCUT2D eigenvalue weighted by Gasteiger charge is 2.35. The number of hydrogen-bond acceptors (Lipinski definition) is 2. The van der Waals surface area contributed by atoms with Gasteiger partial charge in [0.1, 0.15) is 5.75 Å². The van der Waals surface area contributed by atoms with Gasteiger partial charge in [-0.1, -0.05) is 55.3 Å². The van der Waals surface area contributed by atoms with Crippen LogP contribution in [-0.4, -0.2) is 11.7 Å². The Morgan fingerprint density at radius 3 is 2.29 bits per heavy atom. The van der Waals surface area contributed by atoms with Crippen LogP contribution in [0.3, 0.4) is 0 Å². The zero-order chi connectivity index (χ0) is 14.7. The van der Waals surface area contributed by atoms with Crippen molar-refractivity contribution in [2.45, 2.75) is 38.2 Å². The van der Waals surface area contributed by atoms with Crippen LogP contribution in [-0.2, 0) is 5.60 Å². The molecule has 0 saturated heterocycles. The molecule has 0 aromatic heterocycles. The van der Waals surface area contributed by atoms with Crippen LogP contribution in [0.4, 0.5) is 0 Å². The molecule has 1 aliphatic carbocycles. The molecule has 3 rings (SSSR count). The normalized spacial score (nSPS) is 16.9. The summed E-state index contributed by atoms with van der Waals surface area (Å²) in [4.78, 5) is 0. The fourth-order valence-electron chi connectivity index (χ4n) is 3.32. The van der Waals surface area contributed by atoms with E-state index in [4.69, 9.17) is 4.74 Å². The SMILES string of the molecule is CCOc1ccccc1-c1ccccc1C1(O)CCCC1. The smallest absolute Gasteiger partial charge is 0.127 e. The van der Waals surface area contributed by atoms with Gasteiger partial charge in [-0.05, 0) is 37.0 Å². The minimum atomic E-state index is -0.685. The molecule has 0 amide bonds. The highest BCUT2D eigenvalue weighted by molar-refractivity contribution is 5.74. The van der Waals surface area contributed by atoms with E-state index in [1.807, 2.05) is 37.3 Å². The summed E-state index contributed by atoms with van der Waals surface area (Å²) in [5.41, 5.74) is 2.51. The van der Waals surface area contributed by atoms with Crippen molar-refractivity contribution in [1.82, 2.24) is 0 Å². The summed E-state index contributed by atoms with van der Waals surface area (Å²) in [6.45, 7) is 2.64. The van der Waals surface area contributed by atoms with E-state index < -0.39 is 5.60 Å². The first-order chi connectivity index (χ1) is 10.2. The van der Waals surface area contributed by atoms with Crippen LogP contribution in [0.15, 0.2) is 48.5 Å². The zero-order valence-corrected chi connectivity index (χ0v) is 12.5. The summed E-state index contributed by atoms with van der Waals surface area (Å²) < 4.78 is 5.76. The molecular weight excluding hydrogens is 260 g/mol. The third-order valence-corrected chi connectivity index (χ3v) is 4.34. The third-order valence-electron chi connectivity index (χ3n) is 4.34. The maximum atomic E-state index is 11.0. The average Bonchev–Trinajstić information content (AvgIpc) is 2.96. The molecule has 110 valence electrons. The Bertz CT molecular complexity index is 612. The molecule has 2 aromatic carbocycles. The lowest BCUT2D eigenvalue weighted by atomic mass is 9.85. The first-order valence-electron chi connectivity index (χ1n) is 7.79. The van der Waals surface area contributed by atoms with Gasteiger partial charge in [-0.2, -0.15) is 0 Å². The number of aliphatic hydroxyl groups is 1. The Labute approximate surface area is 126 Å². The predicted octanol–water partition coefficient (Wildman–Crippen LogP) is 4.51. The molecule has 0 radical (unpaired) electrons. The van der Waals surface area contributed by atoms with Crippen molar-refractivity contribution in [3.63, 3.8) is 0 Å². The van der Waals surface area contributed by atoms with E-state index >= 15 is 0 Å².